The summed E-state index contributed by atoms with van der Waals surface area (Å²) in [7, 11) is 2.02. The van der Waals surface area contributed by atoms with Gasteiger partial charge >= 0.3 is 0 Å². The fourth-order valence-corrected chi connectivity index (χ4v) is 4.24. The van der Waals surface area contributed by atoms with Crippen LogP contribution in [0.5, 0.6) is 5.75 Å². The Morgan fingerprint density at radius 2 is 2.00 bits per heavy atom. The van der Waals surface area contributed by atoms with Gasteiger partial charge in [0.15, 0.2) is 0 Å². The summed E-state index contributed by atoms with van der Waals surface area (Å²) >= 11 is 0. The first-order valence-electron chi connectivity index (χ1n) is 10.00. The number of carbonyl (C=O) groups excluding carboxylic acids is 1. The van der Waals surface area contributed by atoms with Gasteiger partial charge in [-0.1, -0.05) is 36.4 Å². The Hall–Kier alpha value is -3.34. The van der Waals surface area contributed by atoms with Gasteiger partial charge in [-0.2, -0.15) is 0 Å². The molecule has 0 saturated carbocycles. The van der Waals surface area contributed by atoms with E-state index >= 15 is 0 Å². The molecule has 4 aromatic rings. The van der Waals surface area contributed by atoms with Crippen LogP contribution in [0.3, 0.4) is 0 Å². The number of hydrogen-bond acceptors (Lipinski definition) is 3. The van der Waals surface area contributed by atoms with Crippen molar-refractivity contribution in [3.05, 3.63) is 72.6 Å². The number of ether oxygens (including phenoxy) is 1. The van der Waals surface area contributed by atoms with Crippen LogP contribution in [-0.4, -0.2) is 39.6 Å². The average molecular weight is 385 g/mol. The summed E-state index contributed by atoms with van der Waals surface area (Å²) in [6, 6.07) is 18.1. The van der Waals surface area contributed by atoms with Crippen molar-refractivity contribution in [1.29, 1.82) is 0 Å². The first-order chi connectivity index (χ1) is 14.2. The highest BCUT2D eigenvalue weighted by Gasteiger charge is 2.28. The number of nitrogens with zero attached hydrogens (tertiary/aromatic N) is 3. The lowest BCUT2D eigenvalue weighted by Gasteiger charge is -2.18. The molecule has 0 spiro atoms. The molecule has 0 aliphatic carbocycles. The van der Waals surface area contributed by atoms with Crippen molar-refractivity contribution in [2.24, 2.45) is 7.05 Å². The summed E-state index contributed by atoms with van der Waals surface area (Å²) in [4.78, 5) is 19.3. The molecule has 0 radical (unpaired) electrons. The number of amides is 1. The van der Waals surface area contributed by atoms with E-state index in [4.69, 9.17) is 4.74 Å². The van der Waals surface area contributed by atoms with E-state index in [1.165, 1.54) is 0 Å². The number of para-hydroxylation sites is 2. The first kappa shape index (κ1) is 17.7. The number of carbonyl (C=O) groups is 1. The molecule has 3 heterocycles. The predicted molar refractivity (Wildman–Crippen MR) is 114 cm³/mol. The maximum absolute atomic E-state index is 12.9. The van der Waals surface area contributed by atoms with Crippen LogP contribution in [0.15, 0.2) is 67.0 Å². The number of hydrogen-bond donors (Lipinski definition) is 0. The molecule has 2 aromatic heterocycles. The van der Waals surface area contributed by atoms with Crippen LogP contribution in [0.25, 0.3) is 21.8 Å². The van der Waals surface area contributed by atoms with Gasteiger partial charge in [0.05, 0.1) is 13.0 Å². The first-order valence-corrected chi connectivity index (χ1v) is 10.00. The van der Waals surface area contributed by atoms with E-state index in [0.717, 1.165) is 46.1 Å². The molecule has 1 fully saturated rings. The number of aryl methyl sites for hydroxylation is 1. The van der Waals surface area contributed by atoms with Gasteiger partial charge in [-0.05, 0) is 23.8 Å². The van der Waals surface area contributed by atoms with Gasteiger partial charge in [-0.3, -0.25) is 9.78 Å². The zero-order valence-electron chi connectivity index (χ0n) is 16.4. The van der Waals surface area contributed by atoms with Gasteiger partial charge in [0, 0.05) is 48.7 Å². The molecule has 0 N–H and O–H groups in total. The molecule has 2 aromatic carbocycles. The normalized spacial score (nSPS) is 16.6. The van der Waals surface area contributed by atoms with Crippen LogP contribution < -0.4 is 4.74 Å². The fourth-order valence-electron chi connectivity index (χ4n) is 4.24. The van der Waals surface area contributed by atoms with E-state index in [1.807, 2.05) is 54.4 Å². The van der Waals surface area contributed by atoms with E-state index in [-0.39, 0.29) is 12.0 Å². The standard InChI is InChI=1S/C24H23N3O2/c1-26-15-18(20-8-2-3-9-21(20)26)14-23(28)27-13-11-19(16-27)29-22-10-4-6-17-7-5-12-25-24(17)22/h2-10,12,15,19H,11,13-14,16H2,1H3. The SMILES string of the molecule is Cn1cc(CC(=O)N2CCC(Oc3cccc4cccnc34)C2)c2ccccc21. The number of benzene rings is 2. The molecule has 1 saturated heterocycles. The maximum Gasteiger partial charge on any atom is 0.227 e. The van der Waals surface area contributed by atoms with Crippen LogP contribution in [0, 0.1) is 0 Å². The van der Waals surface area contributed by atoms with Crippen molar-refractivity contribution in [2.45, 2.75) is 18.9 Å². The Bertz CT molecular complexity index is 1190. The van der Waals surface area contributed by atoms with Gasteiger partial charge in [0.2, 0.25) is 5.91 Å². The Morgan fingerprint density at radius 3 is 2.93 bits per heavy atom. The van der Waals surface area contributed by atoms with E-state index in [1.54, 1.807) is 6.20 Å². The summed E-state index contributed by atoms with van der Waals surface area (Å²) in [6.07, 6.45) is 5.10. The van der Waals surface area contributed by atoms with Gasteiger partial charge in [-0.15, -0.1) is 0 Å². The van der Waals surface area contributed by atoms with Crippen LogP contribution in [-0.2, 0) is 18.3 Å². The quantitative estimate of drug-likeness (QED) is 0.534. The smallest absolute Gasteiger partial charge is 0.227 e. The van der Waals surface area contributed by atoms with Crippen molar-refractivity contribution >= 4 is 27.7 Å². The van der Waals surface area contributed by atoms with Gasteiger partial charge < -0.3 is 14.2 Å². The molecular formula is C24H23N3O2. The Morgan fingerprint density at radius 1 is 1.14 bits per heavy atom. The van der Waals surface area contributed by atoms with E-state index in [0.29, 0.717) is 13.0 Å². The second kappa shape index (κ2) is 7.24. The fraction of sp³-hybridized carbons (Fsp3) is 0.250. The van der Waals surface area contributed by atoms with Gasteiger partial charge in [0.1, 0.15) is 17.4 Å². The lowest BCUT2D eigenvalue weighted by molar-refractivity contribution is -0.129. The molecule has 5 rings (SSSR count). The van der Waals surface area contributed by atoms with E-state index in [2.05, 4.69) is 27.9 Å². The van der Waals surface area contributed by atoms with Gasteiger partial charge in [-0.25, -0.2) is 0 Å². The minimum atomic E-state index is -0.000858. The predicted octanol–water partition coefficient (Wildman–Crippen LogP) is 3.95. The van der Waals surface area contributed by atoms with Crippen molar-refractivity contribution in [3.8, 4) is 5.75 Å². The number of pyridine rings is 1. The van der Waals surface area contributed by atoms with Crippen LogP contribution in [0.1, 0.15) is 12.0 Å². The number of rotatable bonds is 4. The Balaban J connectivity index is 1.28. The molecule has 1 unspecified atom stereocenters. The molecule has 146 valence electrons. The highest BCUT2D eigenvalue weighted by atomic mass is 16.5. The number of aromatic nitrogens is 2. The second-order valence-corrected chi connectivity index (χ2v) is 7.66. The van der Waals surface area contributed by atoms with Crippen LogP contribution in [0.2, 0.25) is 0 Å². The minimum absolute atomic E-state index is 0.000858. The van der Waals surface area contributed by atoms with E-state index < -0.39 is 0 Å². The van der Waals surface area contributed by atoms with Gasteiger partial charge in [0.25, 0.3) is 0 Å². The summed E-state index contributed by atoms with van der Waals surface area (Å²) in [6.45, 7) is 1.35. The van der Waals surface area contributed by atoms with Crippen LogP contribution in [0.4, 0.5) is 0 Å². The Kier molecular flexibility index (Phi) is 4.43. The lowest BCUT2D eigenvalue weighted by Crippen LogP contribution is -2.32. The minimum Gasteiger partial charge on any atom is -0.486 e. The highest BCUT2D eigenvalue weighted by Crippen LogP contribution is 2.27. The Labute approximate surface area is 169 Å². The zero-order valence-corrected chi connectivity index (χ0v) is 16.4. The summed E-state index contributed by atoms with van der Waals surface area (Å²) < 4.78 is 8.32. The molecule has 5 nitrogen and oxygen atoms in total. The van der Waals surface area contributed by atoms with Crippen molar-refractivity contribution in [1.82, 2.24) is 14.5 Å². The highest BCUT2D eigenvalue weighted by molar-refractivity contribution is 5.89. The van der Waals surface area contributed by atoms with E-state index in [9.17, 15) is 4.79 Å². The molecule has 1 amide bonds. The third-order valence-electron chi connectivity index (χ3n) is 5.71. The van der Waals surface area contributed by atoms with Crippen molar-refractivity contribution in [2.75, 3.05) is 13.1 Å². The third-order valence-corrected chi connectivity index (χ3v) is 5.71. The molecule has 1 aliphatic rings. The largest absolute Gasteiger partial charge is 0.486 e. The lowest BCUT2D eigenvalue weighted by atomic mass is 10.1. The summed E-state index contributed by atoms with van der Waals surface area (Å²) in [5.41, 5.74) is 3.10. The molecule has 1 atom stereocenters. The number of likely N-dealkylation sites (tertiary alicyclic amines) is 1. The maximum atomic E-state index is 12.9. The average Bonchev–Trinajstić information content (AvgIpc) is 3.34. The number of fused-ring (bicyclic) bond motifs is 2. The molecule has 5 heteroatoms. The zero-order chi connectivity index (χ0) is 19.8. The molecular weight excluding hydrogens is 362 g/mol. The summed E-state index contributed by atoms with van der Waals surface area (Å²) in [5, 5.41) is 2.21. The topological polar surface area (TPSA) is 47.4 Å². The third kappa shape index (κ3) is 3.33. The second-order valence-electron chi connectivity index (χ2n) is 7.66. The summed E-state index contributed by atoms with van der Waals surface area (Å²) in [5.74, 6) is 0.944. The monoisotopic (exact) mass is 385 g/mol. The van der Waals surface area contributed by atoms with Crippen molar-refractivity contribution < 1.29 is 9.53 Å². The molecule has 0 bridgehead atoms. The molecule has 29 heavy (non-hydrogen) atoms. The molecule has 1 aliphatic heterocycles. The van der Waals surface area contributed by atoms with Crippen molar-refractivity contribution in [3.63, 3.8) is 0 Å². The van der Waals surface area contributed by atoms with Crippen LogP contribution >= 0.6 is 0 Å².